The maximum atomic E-state index is 13.6. The molecule has 6 heterocycles. The monoisotopic (exact) mass is 638 g/mol. The quantitative estimate of drug-likeness (QED) is 0.402. The number of rotatable bonds is 7. The molecule has 0 aromatic carbocycles. The lowest BCUT2D eigenvalue weighted by Gasteiger charge is -2.55. The number of hydrogen-bond donors (Lipinski definition) is 0. The van der Waals surface area contributed by atoms with E-state index in [4.69, 9.17) is 9.47 Å². The molecule has 5 aliphatic rings. The Labute approximate surface area is 274 Å². The Balaban J connectivity index is 1.06. The van der Waals surface area contributed by atoms with Crippen molar-refractivity contribution >= 4 is 18.1 Å². The molecule has 0 radical (unpaired) electrons. The number of nitrogens with zero attached hydrogens (tertiary/aromatic N) is 6. The molecule has 5 aliphatic heterocycles. The van der Waals surface area contributed by atoms with Gasteiger partial charge in [-0.25, -0.2) is 19.6 Å². The average molecular weight is 639 g/mol. The molecule has 1 aromatic heterocycles. The second-order valence-electron chi connectivity index (χ2n) is 15.0. The van der Waals surface area contributed by atoms with Gasteiger partial charge in [0, 0.05) is 75.7 Å². The number of carbonyl (C=O) groups is 3. The first kappa shape index (κ1) is 33.0. The van der Waals surface area contributed by atoms with Crippen molar-refractivity contribution in [3.05, 3.63) is 23.3 Å². The largest absolute Gasteiger partial charge is 0.453 e. The van der Waals surface area contributed by atoms with Gasteiger partial charge < -0.3 is 24.2 Å². The Hall–Kier alpha value is -2.95. The van der Waals surface area contributed by atoms with Crippen LogP contribution in [-0.2, 0) is 9.47 Å². The van der Waals surface area contributed by atoms with Gasteiger partial charge in [0.1, 0.15) is 11.9 Å². The topological polar surface area (TPSA) is 108 Å². The molecule has 5 saturated heterocycles. The molecule has 1 aromatic rings. The van der Waals surface area contributed by atoms with Crippen LogP contribution in [0.25, 0.3) is 0 Å². The van der Waals surface area contributed by atoms with Crippen LogP contribution in [0.4, 0.5) is 9.59 Å². The van der Waals surface area contributed by atoms with Gasteiger partial charge in [-0.1, -0.05) is 19.8 Å². The zero-order valence-electron chi connectivity index (χ0n) is 28.6. The molecule has 11 heteroatoms. The molecule has 1 unspecified atom stereocenters. The van der Waals surface area contributed by atoms with Gasteiger partial charge in [0.2, 0.25) is 0 Å². The molecule has 11 nitrogen and oxygen atoms in total. The third-order valence-corrected chi connectivity index (χ3v) is 12.3. The molecule has 46 heavy (non-hydrogen) atoms. The lowest BCUT2D eigenvalue weighted by Crippen LogP contribution is -2.64. The summed E-state index contributed by atoms with van der Waals surface area (Å²) in [4.78, 5) is 56.4. The van der Waals surface area contributed by atoms with Crippen molar-refractivity contribution in [1.29, 1.82) is 0 Å². The summed E-state index contributed by atoms with van der Waals surface area (Å²) in [5.74, 6) is 0.744. The highest BCUT2D eigenvalue weighted by Crippen LogP contribution is 2.45. The number of unbranched alkanes of at least 4 members (excludes halogenated alkanes) is 1. The maximum absolute atomic E-state index is 13.6. The molecule has 4 atom stereocenters. The van der Waals surface area contributed by atoms with Crippen LogP contribution in [0.2, 0.25) is 0 Å². The van der Waals surface area contributed by atoms with E-state index in [2.05, 4.69) is 28.7 Å². The fourth-order valence-electron chi connectivity index (χ4n) is 9.44. The average Bonchev–Trinajstić information content (AvgIpc) is 3.31. The van der Waals surface area contributed by atoms with Crippen LogP contribution >= 0.6 is 0 Å². The van der Waals surface area contributed by atoms with E-state index in [1.165, 1.54) is 13.4 Å². The summed E-state index contributed by atoms with van der Waals surface area (Å²) in [6.07, 6.45) is 11.9. The van der Waals surface area contributed by atoms with E-state index in [0.29, 0.717) is 37.0 Å². The number of aryl methyl sites for hydroxylation is 2. The van der Waals surface area contributed by atoms with E-state index in [1.807, 2.05) is 28.5 Å². The number of piperidine rings is 3. The molecule has 0 saturated carbocycles. The molecule has 6 rings (SSSR count). The lowest BCUT2D eigenvalue weighted by atomic mass is 9.74. The first-order valence-electron chi connectivity index (χ1n) is 17.7. The van der Waals surface area contributed by atoms with Gasteiger partial charge in [0.25, 0.3) is 5.91 Å². The van der Waals surface area contributed by atoms with Crippen LogP contribution in [0.3, 0.4) is 0 Å². The van der Waals surface area contributed by atoms with Crippen molar-refractivity contribution in [2.45, 2.75) is 122 Å². The summed E-state index contributed by atoms with van der Waals surface area (Å²) in [5, 5.41) is 0. The second kappa shape index (κ2) is 13.3. The lowest BCUT2D eigenvalue weighted by molar-refractivity contribution is -0.135. The predicted octanol–water partition coefficient (Wildman–Crippen LogP) is 5.19. The smallest absolute Gasteiger partial charge is 0.410 e. The van der Waals surface area contributed by atoms with E-state index >= 15 is 0 Å². The first-order valence-corrected chi connectivity index (χ1v) is 17.7. The summed E-state index contributed by atoms with van der Waals surface area (Å²) in [6.45, 7) is 13.1. The molecule has 5 fully saturated rings. The molecule has 254 valence electrons. The number of hydrogen-bond acceptors (Lipinski definition) is 8. The van der Waals surface area contributed by atoms with Gasteiger partial charge in [-0.05, 0) is 71.6 Å². The van der Waals surface area contributed by atoms with E-state index in [0.717, 1.165) is 102 Å². The van der Waals surface area contributed by atoms with Crippen LogP contribution in [0, 0.1) is 25.7 Å². The molecular weight excluding hydrogens is 584 g/mol. The highest BCUT2D eigenvalue weighted by molar-refractivity contribution is 5.96. The molecular formula is C35H54N6O5. The van der Waals surface area contributed by atoms with E-state index in [9.17, 15) is 14.4 Å². The minimum atomic E-state index is -0.401. The summed E-state index contributed by atoms with van der Waals surface area (Å²) < 4.78 is 11.6. The Morgan fingerprint density at radius 3 is 2.22 bits per heavy atom. The molecule has 0 aliphatic carbocycles. The van der Waals surface area contributed by atoms with Crippen LogP contribution in [0.1, 0.15) is 106 Å². The maximum Gasteiger partial charge on any atom is 0.410 e. The highest BCUT2D eigenvalue weighted by Gasteiger charge is 2.52. The van der Waals surface area contributed by atoms with Crippen molar-refractivity contribution in [2.75, 3.05) is 46.4 Å². The van der Waals surface area contributed by atoms with Gasteiger partial charge in [-0.2, -0.15) is 0 Å². The third kappa shape index (κ3) is 6.20. The van der Waals surface area contributed by atoms with E-state index in [1.54, 1.807) is 0 Å². The Morgan fingerprint density at radius 1 is 1.00 bits per heavy atom. The highest BCUT2D eigenvalue weighted by atomic mass is 16.6. The fraction of sp³-hybridized carbons (Fsp3) is 0.800. The van der Waals surface area contributed by atoms with Crippen LogP contribution in [0.5, 0.6) is 0 Å². The summed E-state index contributed by atoms with van der Waals surface area (Å²) in [5.41, 5.74) is 1.72. The molecule has 3 amide bonds. The van der Waals surface area contributed by atoms with Gasteiger partial charge in [0.15, 0.2) is 0 Å². The number of fused-ring (bicyclic) bond motifs is 2. The number of amides is 3. The van der Waals surface area contributed by atoms with E-state index < -0.39 is 5.60 Å². The van der Waals surface area contributed by atoms with Gasteiger partial charge in [0.05, 0.1) is 24.1 Å². The Kier molecular flexibility index (Phi) is 9.52. The zero-order chi connectivity index (χ0) is 32.6. The minimum absolute atomic E-state index is 0.0116. The standard InChI is InChI=1S/C35H54N6O5/c1-6-7-8-27-22-39(21-26-19-28-9-10-29(20-26)41(28)33(44)45-5)32(43)46-35(27)13-17-40(18-14-35)34(4)11-15-38(16-12-34)31(42)30-24(2)36-23-37-25(30)3/h23,26-29H,6-22H2,1-5H3/t26?,27-,28-,29+/m0/s1. The molecule has 2 bridgehead atoms. The first-order chi connectivity index (χ1) is 22.1. The Morgan fingerprint density at radius 2 is 1.63 bits per heavy atom. The summed E-state index contributed by atoms with van der Waals surface area (Å²) >= 11 is 0. The van der Waals surface area contributed by atoms with Crippen molar-refractivity contribution in [2.24, 2.45) is 11.8 Å². The number of aromatic nitrogens is 2. The number of carbonyl (C=O) groups excluding carboxylic acids is 3. The number of ether oxygens (including phenoxy) is 2. The van der Waals surface area contributed by atoms with Crippen molar-refractivity contribution in [3.63, 3.8) is 0 Å². The van der Waals surface area contributed by atoms with Crippen LogP contribution in [0.15, 0.2) is 6.33 Å². The normalized spacial score (nSPS) is 29.2. The summed E-state index contributed by atoms with van der Waals surface area (Å²) in [7, 11) is 1.46. The van der Waals surface area contributed by atoms with Gasteiger partial charge in [-0.3, -0.25) is 9.69 Å². The number of methoxy groups -OCH3 is 1. The van der Waals surface area contributed by atoms with Crippen molar-refractivity contribution in [1.82, 2.24) is 29.6 Å². The van der Waals surface area contributed by atoms with E-state index in [-0.39, 0.29) is 35.7 Å². The van der Waals surface area contributed by atoms with Crippen molar-refractivity contribution < 1.29 is 23.9 Å². The second-order valence-corrected chi connectivity index (χ2v) is 15.0. The zero-order valence-corrected chi connectivity index (χ0v) is 28.6. The molecule has 0 N–H and O–H groups in total. The predicted molar refractivity (Wildman–Crippen MR) is 173 cm³/mol. The summed E-state index contributed by atoms with van der Waals surface area (Å²) in [6, 6.07) is 0.436. The minimum Gasteiger partial charge on any atom is -0.453 e. The van der Waals surface area contributed by atoms with Crippen molar-refractivity contribution in [3.8, 4) is 0 Å². The van der Waals surface area contributed by atoms with Gasteiger partial charge >= 0.3 is 12.2 Å². The third-order valence-electron chi connectivity index (χ3n) is 12.3. The van der Waals surface area contributed by atoms with Gasteiger partial charge in [-0.15, -0.1) is 0 Å². The van der Waals surface area contributed by atoms with Crippen LogP contribution in [-0.4, -0.2) is 117 Å². The SMILES string of the molecule is CCCC[C@H]1CN(CC2C[C@H]3CC[C@@H](C2)N3C(=O)OC)C(=O)OC12CCN(C1(C)CCN(C(=O)c3c(C)ncnc3C)CC1)CC2. The molecule has 1 spiro atoms. The number of likely N-dealkylation sites (tertiary alicyclic amines) is 2. The fourth-order valence-corrected chi connectivity index (χ4v) is 9.44. The Bertz CT molecular complexity index is 1260. The van der Waals surface area contributed by atoms with Crippen LogP contribution < -0.4 is 0 Å².